The number of hydrogen-bond donors (Lipinski definition) is 0. The number of ketones is 1. The molecule has 0 atom stereocenters. The second kappa shape index (κ2) is 4.15. The van der Waals surface area contributed by atoms with E-state index in [2.05, 4.69) is 4.98 Å². The number of nitrogens with zero attached hydrogens (tertiary/aromatic N) is 2. The molecule has 0 aliphatic heterocycles. The van der Waals surface area contributed by atoms with Gasteiger partial charge in [0.2, 0.25) is 5.28 Å². The first-order valence-corrected chi connectivity index (χ1v) is 5.91. The van der Waals surface area contributed by atoms with Crippen LogP contribution in [0.4, 0.5) is 0 Å². The van der Waals surface area contributed by atoms with Gasteiger partial charge in [-0.2, -0.15) is 0 Å². The highest BCUT2D eigenvalue weighted by molar-refractivity contribution is 6.29. The highest BCUT2D eigenvalue weighted by Crippen LogP contribution is 2.22. The largest absolute Gasteiger partial charge is 0.307 e. The van der Waals surface area contributed by atoms with Crippen molar-refractivity contribution in [3.8, 4) is 0 Å². The van der Waals surface area contributed by atoms with E-state index in [1.807, 2.05) is 45.0 Å². The van der Waals surface area contributed by atoms with Gasteiger partial charge < -0.3 is 4.57 Å². The van der Waals surface area contributed by atoms with Gasteiger partial charge in [0, 0.05) is 5.41 Å². The topological polar surface area (TPSA) is 34.9 Å². The fourth-order valence-electron chi connectivity index (χ4n) is 1.58. The predicted octanol–water partition coefficient (Wildman–Crippen LogP) is 3.30. The lowest BCUT2D eigenvalue weighted by Crippen LogP contribution is -2.25. The van der Waals surface area contributed by atoms with Gasteiger partial charge in [-0.05, 0) is 23.7 Å². The summed E-state index contributed by atoms with van der Waals surface area (Å²) in [5.74, 6) is 0.141. The van der Waals surface area contributed by atoms with Crippen LogP contribution in [0.1, 0.15) is 20.8 Å². The highest BCUT2D eigenvalue weighted by atomic mass is 35.5. The Balaban J connectivity index is 2.42. The molecule has 0 amide bonds. The molecule has 0 fully saturated rings. The molecule has 4 heteroatoms. The third kappa shape index (κ3) is 2.34. The molecule has 1 heterocycles. The van der Waals surface area contributed by atoms with E-state index in [9.17, 15) is 4.79 Å². The summed E-state index contributed by atoms with van der Waals surface area (Å²) in [6.07, 6.45) is 0. The molecule has 0 unspecified atom stereocenters. The first-order chi connectivity index (χ1) is 7.89. The molecule has 90 valence electrons. The Bertz CT molecular complexity index is 566. The minimum Gasteiger partial charge on any atom is -0.307 e. The number of benzene rings is 1. The number of halogens is 1. The van der Waals surface area contributed by atoms with E-state index in [4.69, 9.17) is 11.6 Å². The molecule has 2 rings (SSSR count). The second-order valence-electron chi connectivity index (χ2n) is 5.13. The minimum atomic E-state index is -0.366. The lowest BCUT2D eigenvalue weighted by atomic mass is 9.91. The van der Waals surface area contributed by atoms with Gasteiger partial charge in [0.1, 0.15) is 0 Å². The Labute approximate surface area is 105 Å². The first-order valence-electron chi connectivity index (χ1n) is 5.53. The van der Waals surface area contributed by atoms with Gasteiger partial charge in [0.15, 0.2) is 5.78 Å². The molecule has 3 nitrogen and oxygen atoms in total. The number of hydrogen-bond acceptors (Lipinski definition) is 2. The minimum absolute atomic E-state index is 0.141. The number of carbonyl (C=O) groups is 1. The molecule has 0 saturated carbocycles. The molecule has 1 aromatic carbocycles. The van der Waals surface area contributed by atoms with Gasteiger partial charge in [-0.1, -0.05) is 32.9 Å². The third-order valence-corrected chi connectivity index (χ3v) is 3.03. The quantitative estimate of drug-likeness (QED) is 0.820. The van der Waals surface area contributed by atoms with Crippen molar-refractivity contribution in [2.75, 3.05) is 0 Å². The fourth-order valence-corrected chi connectivity index (χ4v) is 1.82. The van der Waals surface area contributed by atoms with Crippen molar-refractivity contribution in [3.05, 3.63) is 29.5 Å². The van der Waals surface area contributed by atoms with Crippen LogP contribution in [-0.4, -0.2) is 15.3 Å². The maximum atomic E-state index is 12.0. The van der Waals surface area contributed by atoms with E-state index in [-0.39, 0.29) is 17.7 Å². The molecule has 0 N–H and O–H groups in total. The molecule has 0 bridgehead atoms. The summed E-state index contributed by atoms with van der Waals surface area (Å²) in [6.45, 7) is 5.98. The van der Waals surface area contributed by atoms with Crippen molar-refractivity contribution in [2.24, 2.45) is 5.41 Å². The van der Waals surface area contributed by atoms with Crippen LogP contribution in [0, 0.1) is 5.41 Å². The summed E-state index contributed by atoms with van der Waals surface area (Å²) >= 11 is 6.06. The van der Waals surface area contributed by atoms with E-state index in [0.29, 0.717) is 5.28 Å². The average Bonchev–Trinajstić information content (AvgIpc) is 2.54. The van der Waals surface area contributed by atoms with Gasteiger partial charge in [-0.25, -0.2) is 4.98 Å². The molecule has 1 aromatic heterocycles. The van der Waals surface area contributed by atoms with Crippen LogP contribution in [0.2, 0.25) is 5.28 Å². The SMILES string of the molecule is CC(C)(C)C(=O)Cn1c(Cl)nc2ccccc21. The monoisotopic (exact) mass is 250 g/mol. The van der Waals surface area contributed by atoms with Gasteiger partial charge in [0.25, 0.3) is 0 Å². The average molecular weight is 251 g/mol. The molecule has 0 radical (unpaired) electrons. The van der Waals surface area contributed by atoms with Crippen LogP contribution in [0.3, 0.4) is 0 Å². The normalized spacial score (nSPS) is 12.0. The fraction of sp³-hybridized carbons (Fsp3) is 0.385. The molecule has 0 aliphatic carbocycles. The Hall–Kier alpha value is -1.35. The third-order valence-electron chi connectivity index (χ3n) is 2.75. The zero-order valence-electron chi connectivity index (χ0n) is 10.2. The summed E-state index contributed by atoms with van der Waals surface area (Å²) in [5.41, 5.74) is 1.35. The number of fused-ring (bicyclic) bond motifs is 1. The van der Waals surface area contributed by atoms with Crippen LogP contribution in [-0.2, 0) is 11.3 Å². The smallest absolute Gasteiger partial charge is 0.204 e. The molecule has 17 heavy (non-hydrogen) atoms. The Kier molecular flexibility index (Phi) is 2.96. The Morgan fingerprint density at radius 2 is 2.00 bits per heavy atom. The molecule has 0 saturated heterocycles. The van der Waals surface area contributed by atoms with Crippen molar-refractivity contribution < 1.29 is 4.79 Å². The second-order valence-corrected chi connectivity index (χ2v) is 5.47. The number of carbonyl (C=O) groups excluding carboxylic acids is 1. The first kappa shape index (κ1) is 12.1. The highest BCUT2D eigenvalue weighted by Gasteiger charge is 2.23. The molecular weight excluding hydrogens is 236 g/mol. The Morgan fingerprint density at radius 3 is 2.65 bits per heavy atom. The summed E-state index contributed by atoms with van der Waals surface area (Å²) in [5, 5.41) is 0.365. The van der Waals surface area contributed by atoms with Gasteiger partial charge in [-0.15, -0.1) is 0 Å². The molecule has 0 spiro atoms. The van der Waals surface area contributed by atoms with E-state index >= 15 is 0 Å². The van der Waals surface area contributed by atoms with Crippen molar-refractivity contribution in [2.45, 2.75) is 27.3 Å². The molecular formula is C13H15ClN2O. The summed E-state index contributed by atoms with van der Waals surface area (Å²) in [4.78, 5) is 16.2. The lowest BCUT2D eigenvalue weighted by Gasteiger charge is -2.17. The van der Waals surface area contributed by atoms with Crippen molar-refractivity contribution in [3.63, 3.8) is 0 Å². The van der Waals surface area contributed by atoms with Crippen LogP contribution < -0.4 is 0 Å². The lowest BCUT2D eigenvalue weighted by molar-refractivity contribution is -0.126. The number of imidazole rings is 1. The zero-order valence-corrected chi connectivity index (χ0v) is 11.0. The van der Waals surface area contributed by atoms with E-state index in [1.54, 1.807) is 4.57 Å². The predicted molar refractivity (Wildman–Crippen MR) is 69.2 cm³/mol. The van der Waals surface area contributed by atoms with Gasteiger partial charge in [0.05, 0.1) is 17.6 Å². The van der Waals surface area contributed by atoms with Gasteiger partial charge >= 0.3 is 0 Å². The van der Waals surface area contributed by atoms with E-state index in [1.165, 1.54) is 0 Å². The van der Waals surface area contributed by atoms with Gasteiger partial charge in [-0.3, -0.25) is 4.79 Å². The summed E-state index contributed by atoms with van der Waals surface area (Å²) in [6, 6.07) is 7.63. The summed E-state index contributed by atoms with van der Waals surface area (Å²) < 4.78 is 1.75. The van der Waals surface area contributed by atoms with Crippen molar-refractivity contribution in [1.82, 2.24) is 9.55 Å². The van der Waals surface area contributed by atoms with Crippen LogP contribution in [0.5, 0.6) is 0 Å². The maximum absolute atomic E-state index is 12.0. The van der Waals surface area contributed by atoms with Crippen molar-refractivity contribution in [1.29, 1.82) is 0 Å². The zero-order chi connectivity index (χ0) is 12.6. The molecule has 2 aromatic rings. The summed E-state index contributed by atoms with van der Waals surface area (Å²) in [7, 11) is 0. The number of para-hydroxylation sites is 2. The van der Waals surface area contributed by atoms with E-state index < -0.39 is 0 Å². The standard InChI is InChI=1S/C13H15ClN2O/c1-13(2,3)11(17)8-16-10-7-5-4-6-9(10)15-12(16)14/h4-7H,8H2,1-3H3. The number of rotatable bonds is 2. The molecule has 0 aliphatic rings. The maximum Gasteiger partial charge on any atom is 0.204 e. The Morgan fingerprint density at radius 1 is 1.35 bits per heavy atom. The number of Topliss-reactive ketones (excluding diaryl/α,β-unsaturated/α-hetero) is 1. The van der Waals surface area contributed by atoms with Crippen LogP contribution in [0.15, 0.2) is 24.3 Å². The number of aromatic nitrogens is 2. The van der Waals surface area contributed by atoms with Crippen LogP contribution in [0.25, 0.3) is 11.0 Å². The van der Waals surface area contributed by atoms with E-state index in [0.717, 1.165) is 11.0 Å². The van der Waals surface area contributed by atoms with Crippen molar-refractivity contribution >= 4 is 28.4 Å². The van der Waals surface area contributed by atoms with Crippen LogP contribution >= 0.6 is 11.6 Å².